The second kappa shape index (κ2) is 4.63. The molecule has 3 aliphatic rings. The highest BCUT2D eigenvalue weighted by atomic mass is 16.5. The molecule has 0 amide bonds. The van der Waals surface area contributed by atoms with Crippen LogP contribution in [0.25, 0.3) is 0 Å². The van der Waals surface area contributed by atoms with Crippen molar-refractivity contribution in [1.29, 1.82) is 0 Å². The average molecular weight is 267 g/mol. The van der Waals surface area contributed by atoms with E-state index in [1.807, 2.05) is 0 Å². The van der Waals surface area contributed by atoms with Crippen molar-refractivity contribution in [2.45, 2.75) is 56.8 Å². The van der Waals surface area contributed by atoms with Crippen LogP contribution in [0.3, 0.4) is 0 Å². The molecule has 1 spiro atoms. The van der Waals surface area contributed by atoms with E-state index >= 15 is 0 Å². The third-order valence-corrected chi connectivity index (χ3v) is 4.61. The number of hydrogen-bond donors (Lipinski definition) is 1. The van der Waals surface area contributed by atoms with Crippen LogP contribution in [0, 0.1) is 0 Å². The zero-order valence-electron chi connectivity index (χ0n) is 12.0. The van der Waals surface area contributed by atoms with Crippen LogP contribution in [-0.2, 0) is 9.47 Å². The maximum Gasteiger partial charge on any atom is 0.191 e. The van der Waals surface area contributed by atoms with E-state index in [1.54, 1.807) is 0 Å². The number of aliphatic imine (C=N–C) groups is 1. The van der Waals surface area contributed by atoms with Gasteiger partial charge in [-0.15, -0.1) is 0 Å². The van der Waals surface area contributed by atoms with Crippen molar-refractivity contribution in [1.82, 2.24) is 4.90 Å². The van der Waals surface area contributed by atoms with Crippen molar-refractivity contribution in [3.05, 3.63) is 0 Å². The van der Waals surface area contributed by atoms with Gasteiger partial charge in [0.25, 0.3) is 0 Å². The summed E-state index contributed by atoms with van der Waals surface area (Å²) < 4.78 is 11.6. The van der Waals surface area contributed by atoms with Crippen molar-refractivity contribution >= 4 is 5.96 Å². The Morgan fingerprint density at radius 2 is 2.26 bits per heavy atom. The summed E-state index contributed by atoms with van der Waals surface area (Å²) in [6, 6.07) is 0. The van der Waals surface area contributed by atoms with Crippen molar-refractivity contribution in [2.24, 2.45) is 10.7 Å². The van der Waals surface area contributed by atoms with Gasteiger partial charge >= 0.3 is 0 Å². The number of nitrogens with zero attached hydrogens (tertiary/aromatic N) is 2. The molecule has 2 unspecified atom stereocenters. The Bertz CT molecular complexity index is 377. The quantitative estimate of drug-likeness (QED) is 0.814. The van der Waals surface area contributed by atoms with E-state index in [1.165, 1.54) is 0 Å². The number of nitrogens with two attached hydrogens (primary N) is 1. The summed E-state index contributed by atoms with van der Waals surface area (Å²) in [6.07, 6.45) is 4.61. The average Bonchev–Trinajstić information content (AvgIpc) is 2.93. The Morgan fingerprint density at radius 1 is 1.42 bits per heavy atom. The fraction of sp³-hybridized carbons (Fsp3) is 0.929. The van der Waals surface area contributed by atoms with Crippen LogP contribution in [0.5, 0.6) is 0 Å². The van der Waals surface area contributed by atoms with E-state index in [-0.39, 0.29) is 11.1 Å². The van der Waals surface area contributed by atoms with Gasteiger partial charge in [0.15, 0.2) is 5.96 Å². The van der Waals surface area contributed by atoms with Crippen LogP contribution in [0.2, 0.25) is 0 Å². The lowest BCUT2D eigenvalue weighted by Crippen LogP contribution is -2.59. The van der Waals surface area contributed by atoms with E-state index in [0.29, 0.717) is 12.1 Å². The smallest absolute Gasteiger partial charge is 0.191 e. The molecule has 2 N–H and O–H groups in total. The van der Waals surface area contributed by atoms with Crippen LogP contribution >= 0.6 is 0 Å². The molecule has 2 fully saturated rings. The van der Waals surface area contributed by atoms with Gasteiger partial charge in [-0.1, -0.05) is 0 Å². The molecule has 0 aromatic rings. The van der Waals surface area contributed by atoms with Crippen LogP contribution in [0.1, 0.15) is 39.5 Å². The van der Waals surface area contributed by atoms with Crippen LogP contribution in [0.15, 0.2) is 4.99 Å². The topological polar surface area (TPSA) is 60.1 Å². The van der Waals surface area contributed by atoms with Crippen LogP contribution in [0.4, 0.5) is 0 Å². The van der Waals surface area contributed by atoms with Gasteiger partial charge in [-0.25, -0.2) is 0 Å². The first-order chi connectivity index (χ1) is 9.01. The predicted molar refractivity (Wildman–Crippen MR) is 74.2 cm³/mol. The molecule has 0 aliphatic carbocycles. The van der Waals surface area contributed by atoms with Crippen molar-refractivity contribution in [3.63, 3.8) is 0 Å². The third kappa shape index (κ3) is 2.46. The maximum atomic E-state index is 6.13. The molecule has 2 atom stereocenters. The lowest BCUT2D eigenvalue weighted by Gasteiger charge is -2.48. The second-order valence-electron chi connectivity index (χ2n) is 6.68. The van der Waals surface area contributed by atoms with Crippen LogP contribution < -0.4 is 5.73 Å². The monoisotopic (exact) mass is 267 g/mol. The Kier molecular flexibility index (Phi) is 3.21. The standard InChI is InChI=1S/C14H25N3O2/c1-13(2)9-14(5-7-19-13)10-16-12(15)17(14)8-11-4-3-6-18-11/h11H,3-10H2,1-2H3,(H2,15,16). The fourth-order valence-electron chi connectivity index (χ4n) is 3.74. The zero-order chi connectivity index (χ0) is 13.5. The number of guanidine groups is 1. The van der Waals surface area contributed by atoms with Gasteiger partial charge in [0.1, 0.15) is 0 Å². The number of rotatable bonds is 2. The molecule has 5 heteroatoms. The van der Waals surface area contributed by atoms with Gasteiger partial charge in [-0.3, -0.25) is 4.99 Å². The van der Waals surface area contributed by atoms with Gasteiger partial charge in [0, 0.05) is 26.2 Å². The summed E-state index contributed by atoms with van der Waals surface area (Å²) in [5, 5.41) is 0. The Morgan fingerprint density at radius 3 is 2.95 bits per heavy atom. The van der Waals surface area contributed by atoms with E-state index in [4.69, 9.17) is 15.2 Å². The summed E-state index contributed by atoms with van der Waals surface area (Å²) in [5.74, 6) is 0.688. The zero-order valence-corrected chi connectivity index (χ0v) is 12.0. The molecule has 0 bridgehead atoms. The predicted octanol–water partition coefficient (Wildman–Crippen LogP) is 1.12. The molecule has 3 heterocycles. The minimum atomic E-state index is -0.0901. The summed E-state index contributed by atoms with van der Waals surface area (Å²) in [4.78, 5) is 6.81. The summed E-state index contributed by atoms with van der Waals surface area (Å²) >= 11 is 0. The van der Waals surface area contributed by atoms with Gasteiger partial charge in [0.05, 0.1) is 23.8 Å². The van der Waals surface area contributed by atoms with E-state index in [9.17, 15) is 0 Å². The lowest BCUT2D eigenvalue weighted by atomic mass is 9.80. The SMILES string of the molecule is CC1(C)CC2(CCO1)CN=C(N)N2CC1CCCO1. The lowest BCUT2D eigenvalue weighted by molar-refractivity contribution is -0.105. The molecule has 5 nitrogen and oxygen atoms in total. The Balaban J connectivity index is 1.76. The molecule has 108 valence electrons. The molecule has 3 rings (SSSR count). The van der Waals surface area contributed by atoms with Crippen molar-refractivity contribution in [3.8, 4) is 0 Å². The minimum Gasteiger partial charge on any atom is -0.376 e. The largest absolute Gasteiger partial charge is 0.376 e. The summed E-state index contributed by atoms with van der Waals surface area (Å²) in [7, 11) is 0. The molecule has 19 heavy (non-hydrogen) atoms. The van der Waals surface area contributed by atoms with Gasteiger partial charge in [-0.2, -0.15) is 0 Å². The van der Waals surface area contributed by atoms with E-state index in [0.717, 1.165) is 52.0 Å². The second-order valence-corrected chi connectivity index (χ2v) is 6.68. The number of ether oxygens (including phenoxy) is 2. The Labute approximate surface area is 115 Å². The third-order valence-electron chi connectivity index (χ3n) is 4.61. The highest BCUT2D eigenvalue weighted by molar-refractivity contribution is 5.81. The van der Waals surface area contributed by atoms with Gasteiger partial charge < -0.3 is 20.1 Å². The van der Waals surface area contributed by atoms with Crippen molar-refractivity contribution in [2.75, 3.05) is 26.3 Å². The first kappa shape index (κ1) is 13.2. The molecular formula is C14H25N3O2. The van der Waals surface area contributed by atoms with E-state index < -0.39 is 0 Å². The fourth-order valence-corrected chi connectivity index (χ4v) is 3.74. The molecular weight excluding hydrogens is 242 g/mol. The molecule has 0 radical (unpaired) electrons. The number of hydrogen-bond acceptors (Lipinski definition) is 5. The van der Waals surface area contributed by atoms with Gasteiger partial charge in [-0.05, 0) is 33.1 Å². The molecule has 2 saturated heterocycles. The van der Waals surface area contributed by atoms with Crippen LogP contribution in [-0.4, -0.2) is 54.4 Å². The summed E-state index contributed by atoms with van der Waals surface area (Å²) in [5.41, 5.74) is 6.09. The summed E-state index contributed by atoms with van der Waals surface area (Å²) in [6.45, 7) is 7.68. The normalized spacial score (nSPS) is 37.9. The highest BCUT2D eigenvalue weighted by Gasteiger charge is 2.49. The molecule has 0 saturated carbocycles. The first-order valence-electron chi connectivity index (χ1n) is 7.34. The minimum absolute atomic E-state index is 0.0534. The highest BCUT2D eigenvalue weighted by Crippen LogP contribution is 2.39. The van der Waals surface area contributed by atoms with E-state index in [2.05, 4.69) is 23.7 Å². The molecule has 0 aromatic heterocycles. The first-order valence-corrected chi connectivity index (χ1v) is 7.34. The molecule has 0 aromatic carbocycles. The molecule has 3 aliphatic heterocycles. The maximum absolute atomic E-state index is 6.13. The van der Waals surface area contributed by atoms with Crippen molar-refractivity contribution < 1.29 is 9.47 Å². The van der Waals surface area contributed by atoms with Gasteiger partial charge in [0.2, 0.25) is 0 Å². The Hall–Kier alpha value is -0.810.